The number of benzene rings is 1. The molecule has 0 aromatic heterocycles. The SMILES string of the molecule is CCNC(=NCC(C)(C)SC)NCCc1ccc(F)cc1.I. The van der Waals surface area contributed by atoms with Crippen LogP contribution in [0.3, 0.4) is 0 Å². The summed E-state index contributed by atoms with van der Waals surface area (Å²) in [6.07, 6.45) is 2.95. The molecule has 1 aromatic carbocycles. The van der Waals surface area contributed by atoms with Gasteiger partial charge in [-0.25, -0.2) is 4.39 Å². The zero-order valence-corrected chi connectivity index (χ0v) is 16.9. The number of thioether (sulfide) groups is 1. The molecule has 0 radical (unpaired) electrons. The molecule has 3 nitrogen and oxygen atoms in total. The summed E-state index contributed by atoms with van der Waals surface area (Å²) in [5.41, 5.74) is 1.11. The fourth-order valence-corrected chi connectivity index (χ4v) is 1.85. The zero-order valence-electron chi connectivity index (χ0n) is 13.8. The van der Waals surface area contributed by atoms with Crippen molar-refractivity contribution in [1.29, 1.82) is 0 Å². The monoisotopic (exact) mass is 439 g/mol. The highest BCUT2D eigenvalue weighted by atomic mass is 127. The van der Waals surface area contributed by atoms with Gasteiger partial charge in [0.1, 0.15) is 5.82 Å². The first-order valence-corrected chi connectivity index (χ1v) is 8.51. The highest BCUT2D eigenvalue weighted by Crippen LogP contribution is 2.20. The molecule has 0 atom stereocenters. The van der Waals surface area contributed by atoms with E-state index in [0.717, 1.165) is 37.6 Å². The van der Waals surface area contributed by atoms with E-state index in [1.54, 1.807) is 0 Å². The Kier molecular flexibility index (Phi) is 10.8. The van der Waals surface area contributed by atoms with Crippen LogP contribution in [0.5, 0.6) is 0 Å². The van der Waals surface area contributed by atoms with Crippen LogP contribution in [-0.4, -0.2) is 36.6 Å². The van der Waals surface area contributed by atoms with Crippen LogP contribution < -0.4 is 10.6 Å². The standard InChI is InChI=1S/C16H26FN3S.HI/c1-5-18-15(20-12-16(2,3)21-4)19-11-10-13-6-8-14(17)9-7-13;/h6-9H,5,10-12H2,1-4H3,(H2,18,19,20);1H. The molecule has 0 amide bonds. The predicted octanol–water partition coefficient (Wildman–Crippen LogP) is 3.68. The molecule has 126 valence electrons. The van der Waals surface area contributed by atoms with Crippen molar-refractivity contribution in [2.75, 3.05) is 25.9 Å². The van der Waals surface area contributed by atoms with Crippen molar-refractivity contribution < 1.29 is 4.39 Å². The second-order valence-corrected chi connectivity index (χ2v) is 6.98. The Morgan fingerprint density at radius 3 is 2.41 bits per heavy atom. The van der Waals surface area contributed by atoms with Gasteiger partial charge in [0.25, 0.3) is 0 Å². The molecule has 0 fully saturated rings. The molecule has 2 N–H and O–H groups in total. The van der Waals surface area contributed by atoms with Gasteiger partial charge < -0.3 is 10.6 Å². The van der Waals surface area contributed by atoms with Crippen molar-refractivity contribution in [3.05, 3.63) is 35.6 Å². The van der Waals surface area contributed by atoms with Crippen LogP contribution >= 0.6 is 35.7 Å². The summed E-state index contributed by atoms with van der Waals surface area (Å²) >= 11 is 1.81. The molecule has 6 heteroatoms. The summed E-state index contributed by atoms with van der Waals surface area (Å²) in [7, 11) is 0. The molecule has 0 unspecified atom stereocenters. The number of hydrogen-bond acceptors (Lipinski definition) is 2. The van der Waals surface area contributed by atoms with Gasteiger partial charge in [0.2, 0.25) is 0 Å². The minimum Gasteiger partial charge on any atom is -0.357 e. The van der Waals surface area contributed by atoms with Crippen molar-refractivity contribution in [3.63, 3.8) is 0 Å². The number of halogens is 2. The maximum absolute atomic E-state index is 12.8. The Hall–Kier alpha value is -0.500. The number of rotatable bonds is 7. The van der Waals surface area contributed by atoms with Gasteiger partial charge in [0, 0.05) is 17.8 Å². The second kappa shape index (κ2) is 11.1. The zero-order chi connectivity index (χ0) is 15.7. The average molecular weight is 439 g/mol. The van der Waals surface area contributed by atoms with Gasteiger partial charge in [0.15, 0.2) is 5.96 Å². The fourth-order valence-electron chi connectivity index (χ4n) is 1.65. The Labute approximate surface area is 155 Å². The lowest BCUT2D eigenvalue weighted by Crippen LogP contribution is -2.39. The van der Waals surface area contributed by atoms with Gasteiger partial charge in [-0.05, 0) is 51.1 Å². The average Bonchev–Trinajstić information content (AvgIpc) is 2.47. The molecule has 0 aliphatic heterocycles. The summed E-state index contributed by atoms with van der Waals surface area (Å²) in [5.74, 6) is 0.641. The first kappa shape index (κ1) is 21.5. The third-order valence-corrected chi connectivity index (χ3v) is 4.37. The van der Waals surface area contributed by atoms with Gasteiger partial charge in [-0.15, -0.1) is 24.0 Å². The van der Waals surface area contributed by atoms with Crippen LogP contribution in [0.4, 0.5) is 4.39 Å². The van der Waals surface area contributed by atoms with Crippen LogP contribution in [0.15, 0.2) is 29.3 Å². The third kappa shape index (κ3) is 8.82. The third-order valence-electron chi connectivity index (χ3n) is 3.13. The Morgan fingerprint density at radius 2 is 1.86 bits per heavy atom. The molecule has 0 heterocycles. The molecule has 1 rings (SSSR count). The van der Waals surface area contributed by atoms with Gasteiger partial charge in [-0.3, -0.25) is 4.99 Å². The van der Waals surface area contributed by atoms with Gasteiger partial charge >= 0.3 is 0 Å². The van der Waals surface area contributed by atoms with Gasteiger partial charge in [-0.2, -0.15) is 11.8 Å². The van der Waals surface area contributed by atoms with E-state index >= 15 is 0 Å². The highest BCUT2D eigenvalue weighted by molar-refractivity contribution is 14.0. The molecule has 0 spiro atoms. The van der Waals surface area contributed by atoms with Crippen LogP contribution in [0.2, 0.25) is 0 Å². The second-order valence-electron chi connectivity index (χ2n) is 5.46. The van der Waals surface area contributed by atoms with E-state index < -0.39 is 0 Å². The molecule has 22 heavy (non-hydrogen) atoms. The van der Waals surface area contributed by atoms with E-state index in [4.69, 9.17) is 0 Å². The van der Waals surface area contributed by atoms with E-state index in [2.05, 4.69) is 42.7 Å². The molecule has 0 aliphatic carbocycles. The van der Waals surface area contributed by atoms with E-state index in [9.17, 15) is 4.39 Å². The van der Waals surface area contributed by atoms with E-state index in [0.29, 0.717) is 0 Å². The van der Waals surface area contributed by atoms with Crippen molar-refractivity contribution in [2.45, 2.75) is 31.9 Å². The largest absolute Gasteiger partial charge is 0.357 e. The predicted molar refractivity (Wildman–Crippen MR) is 107 cm³/mol. The molecule has 0 saturated carbocycles. The molecule has 0 saturated heterocycles. The lowest BCUT2D eigenvalue weighted by Gasteiger charge is -2.20. The summed E-state index contributed by atoms with van der Waals surface area (Å²) in [5, 5.41) is 6.56. The fraction of sp³-hybridized carbons (Fsp3) is 0.562. The van der Waals surface area contributed by atoms with Gasteiger partial charge in [0.05, 0.1) is 6.54 Å². The number of nitrogens with zero attached hydrogens (tertiary/aromatic N) is 1. The highest BCUT2D eigenvalue weighted by Gasteiger charge is 2.15. The summed E-state index contributed by atoms with van der Waals surface area (Å²) in [6.45, 7) is 8.79. The van der Waals surface area contributed by atoms with E-state index in [1.165, 1.54) is 12.1 Å². The lowest BCUT2D eigenvalue weighted by molar-refractivity contribution is 0.626. The van der Waals surface area contributed by atoms with Crippen molar-refractivity contribution in [1.82, 2.24) is 10.6 Å². The maximum atomic E-state index is 12.8. The summed E-state index contributed by atoms with van der Waals surface area (Å²) in [6, 6.07) is 6.63. The maximum Gasteiger partial charge on any atom is 0.191 e. The summed E-state index contributed by atoms with van der Waals surface area (Å²) in [4.78, 5) is 4.61. The van der Waals surface area contributed by atoms with Crippen molar-refractivity contribution in [3.8, 4) is 0 Å². The van der Waals surface area contributed by atoms with Gasteiger partial charge in [-0.1, -0.05) is 12.1 Å². The quantitative estimate of drug-likeness (QED) is 0.387. The molecular formula is C16H27FIN3S. The minimum absolute atomic E-state index is 0. The van der Waals surface area contributed by atoms with Crippen LogP contribution in [0.1, 0.15) is 26.3 Å². The Morgan fingerprint density at radius 1 is 1.23 bits per heavy atom. The molecule has 1 aromatic rings. The first-order chi connectivity index (χ1) is 9.96. The van der Waals surface area contributed by atoms with Crippen LogP contribution in [0.25, 0.3) is 0 Å². The number of aliphatic imine (C=N–C) groups is 1. The van der Waals surface area contributed by atoms with Crippen LogP contribution in [-0.2, 0) is 6.42 Å². The Bertz CT molecular complexity index is 449. The topological polar surface area (TPSA) is 36.4 Å². The molecular weight excluding hydrogens is 412 g/mol. The Balaban J connectivity index is 0.00000441. The van der Waals surface area contributed by atoms with Crippen molar-refractivity contribution >= 4 is 41.7 Å². The normalized spacial score (nSPS) is 11.8. The smallest absolute Gasteiger partial charge is 0.191 e. The van der Waals surface area contributed by atoms with E-state index in [1.807, 2.05) is 23.9 Å². The summed E-state index contributed by atoms with van der Waals surface area (Å²) < 4.78 is 13.0. The van der Waals surface area contributed by atoms with Crippen molar-refractivity contribution in [2.24, 2.45) is 4.99 Å². The molecule has 0 bridgehead atoms. The number of hydrogen-bond donors (Lipinski definition) is 2. The lowest BCUT2D eigenvalue weighted by atomic mass is 10.1. The molecule has 0 aliphatic rings. The minimum atomic E-state index is -0.194. The van der Waals surface area contributed by atoms with E-state index in [-0.39, 0.29) is 34.5 Å². The first-order valence-electron chi connectivity index (χ1n) is 7.28. The number of guanidine groups is 1. The number of nitrogens with one attached hydrogen (secondary N) is 2. The van der Waals surface area contributed by atoms with Crippen LogP contribution in [0, 0.1) is 5.82 Å².